The molecular weight excluding hydrogens is 322 g/mol. The summed E-state index contributed by atoms with van der Waals surface area (Å²) in [5.74, 6) is -1.84. The Kier molecular flexibility index (Phi) is 4.33. The predicted molar refractivity (Wildman–Crippen MR) is 82.9 cm³/mol. The first-order chi connectivity index (χ1) is 11.5. The zero-order valence-corrected chi connectivity index (χ0v) is 12.6. The molecule has 1 heterocycles. The van der Waals surface area contributed by atoms with Crippen molar-refractivity contribution in [2.75, 3.05) is 5.32 Å². The Labute approximate surface area is 135 Å². The molecule has 0 fully saturated rings. The van der Waals surface area contributed by atoms with E-state index in [0.717, 1.165) is 12.1 Å². The summed E-state index contributed by atoms with van der Waals surface area (Å²) in [7, 11) is 0. The van der Waals surface area contributed by atoms with Crippen molar-refractivity contribution in [3.05, 3.63) is 65.5 Å². The minimum absolute atomic E-state index is 0.173. The van der Waals surface area contributed by atoms with Crippen molar-refractivity contribution in [1.29, 1.82) is 0 Å². The molecule has 0 saturated heterocycles. The van der Waals surface area contributed by atoms with Gasteiger partial charge in [0.2, 0.25) is 0 Å². The van der Waals surface area contributed by atoms with Gasteiger partial charge >= 0.3 is 0 Å². The fourth-order valence-electron chi connectivity index (χ4n) is 2.44. The summed E-state index contributed by atoms with van der Waals surface area (Å²) in [5, 5.41) is 3.45. The van der Waals surface area contributed by atoms with E-state index < -0.39 is 29.9 Å². The van der Waals surface area contributed by atoms with Gasteiger partial charge in [-0.3, -0.25) is 0 Å². The number of benzene rings is 2. The average molecular weight is 335 g/mol. The number of fused-ring (bicyclic) bond motifs is 1. The summed E-state index contributed by atoms with van der Waals surface area (Å²) >= 11 is 0. The lowest BCUT2D eigenvalue weighted by molar-refractivity contribution is 0.141. The molecule has 24 heavy (non-hydrogen) atoms. The molecule has 2 aromatic carbocycles. The van der Waals surface area contributed by atoms with E-state index >= 15 is 0 Å². The number of nitrogens with one attached hydrogen (secondary N) is 1. The van der Waals surface area contributed by atoms with Crippen LogP contribution in [-0.4, -0.2) is 9.97 Å². The maximum absolute atomic E-state index is 13.9. The standard InChI is InChI=1S/C17H13F4N3/c1-9(11-7-6-10(18)8-13(11)19)22-16-12-4-2-3-5-14(12)23-17(24-16)15(20)21/h2-9,15H,1H3,(H,22,23,24). The first kappa shape index (κ1) is 16.2. The van der Waals surface area contributed by atoms with E-state index in [1.807, 2.05) is 0 Å². The Balaban J connectivity index is 2.02. The molecule has 3 nitrogen and oxygen atoms in total. The SMILES string of the molecule is CC(Nc1nc(C(F)F)nc2ccccc12)c1ccc(F)cc1F. The van der Waals surface area contributed by atoms with Crippen LogP contribution >= 0.6 is 0 Å². The number of rotatable bonds is 4. The van der Waals surface area contributed by atoms with Gasteiger partial charge in [-0.15, -0.1) is 0 Å². The number of hydrogen-bond donors (Lipinski definition) is 1. The molecule has 3 aromatic rings. The van der Waals surface area contributed by atoms with Gasteiger partial charge in [0.1, 0.15) is 17.5 Å². The molecule has 124 valence electrons. The van der Waals surface area contributed by atoms with Crippen molar-refractivity contribution in [3.8, 4) is 0 Å². The summed E-state index contributed by atoms with van der Waals surface area (Å²) in [6, 6.07) is 9.29. The van der Waals surface area contributed by atoms with Crippen LogP contribution in [-0.2, 0) is 0 Å². The van der Waals surface area contributed by atoms with Crippen LogP contribution in [0, 0.1) is 11.6 Å². The van der Waals surface area contributed by atoms with E-state index in [1.54, 1.807) is 31.2 Å². The topological polar surface area (TPSA) is 37.8 Å². The van der Waals surface area contributed by atoms with Gasteiger partial charge in [-0.25, -0.2) is 27.5 Å². The van der Waals surface area contributed by atoms with E-state index in [4.69, 9.17) is 0 Å². The van der Waals surface area contributed by atoms with Crippen molar-refractivity contribution in [2.24, 2.45) is 0 Å². The third-order valence-corrected chi connectivity index (χ3v) is 3.60. The third kappa shape index (κ3) is 3.15. The first-order valence-corrected chi connectivity index (χ1v) is 7.22. The van der Waals surface area contributed by atoms with Gasteiger partial charge in [0.25, 0.3) is 6.43 Å². The highest BCUT2D eigenvalue weighted by molar-refractivity contribution is 5.89. The largest absolute Gasteiger partial charge is 0.363 e. The lowest BCUT2D eigenvalue weighted by atomic mass is 10.1. The van der Waals surface area contributed by atoms with Crippen molar-refractivity contribution in [1.82, 2.24) is 9.97 Å². The van der Waals surface area contributed by atoms with Crippen molar-refractivity contribution < 1.29 is 17.6 Å². The maximum Gasteiger partial charge on any atom is 0.297 e. The fraction of sp³-hybridized carbons (Fsp3) is 0.176. The van der Waals surface area contributed by atoms with Crippen molar-refractivity contribution in [3.63, 3.8) is 0 Å². The highest BCUT2D eigenvalue weighted by Gasteiger charge is 2.18. The molecule has 1 unspecified atom stereocenters. The minimum Gasteiger partial charge on any atom is -0.363 e. The quantitative estimate of drug-likeness (QED) is 0.681. The fourth-order valence-corrected chi connectivity index (χ4v) is 2.44. The second-order valence-corrected chi connectivity index (χ2v) is 5.28. The zero-order chi connectivity index (χ0) is 17.3. The van der Waals surface area contributed by atoms with Gasteiger partial charge in [0, 0.05) is 17.0 Å². The number of anilines is 1. The predicted octanol–water partition coefficient (Wildman–Crippen LogP) is 5.02. The van der Waals surface area contributed by atoms with Gasteiger partial charge < -0.3 is 5.32 Å². The Morgan fingerprint density at radius 3 is 2.46 bits per heavy atom. The van der Waals surface area contributed by atoms with Crippen LogP contribution in [0.4, 0.5) is 23.4 Å². The average Bonchev–Trinajstić information content (AvgIpc) is 2.54. The van der Waals surface area contributed by atoms with E-state index in [0.29, 0.717) is 10.9 Å². The smallest absolute Gasteiger partial charge is 0.297 e. The number of aromatic nitrogens is 2. The third-order valence-electron chi connectivity index (χ3n) is 3.60. The Hall–Kier alpha value is -2.70. The molecule has 0 aliphatic rings. The molecule has 0 saturated carbocycles. The Bertz CT molecular complexity index is 883. The molecule has 0 amide bonds. The van der Waals surface area contributed by atoms with Crippen LogP contribution in [0.25, 0.3) is 10.9 Å². The van der Waals surface area contributed by atoms with Crippen LogP contribution in [0.1, 0.15) is 30.8 Å². The summed E-state index contributed by atoms with van der Waals surface area (Å²) < 4.78 is 52.9. The molecule has 0 radical (unpaired) electrons. The molecule has 1 atom stereocenters. The number of halogens is 4. The second-order valence-electron chi connectivity index (χ2n) is 5.28. The van der Waals surface area contributed by atoms with Crippen LogP contribution in [0.5, 0.6) is 0 Å². The van der Waals surface area contributed by atoms with Gasteiger partial charge in [0.15, 0.2) is 5.82 Å². The van der Waals surface area contributed by atoms with Gasteiger partial charge in [-0.1, -0.05) is 18.2 Å². The zero-order valence-electron chi connectivity index (χ0n) is 12.6. The Morgan fingerprint density at radius 2 is 1.75 bits per heavy atom. The molecule has 0 spiro atoms. The van der Waals surface area contributed by atoms with Crippen LogP contribution < -0.4 is 5.32 Å². The van der Waals surface area contributed by atoms with Crippen molar-refractivity contribution in [2.45, 2.75) is 19.4 Å². The number of para-hydroxylation sites is 1. The lowest BCUT2D eigenvalue weighted by Gasteiger charge is -2.17. The molecule has 1 N–H and O–H groups in total. The maximum atomic E-state index is 13.9. The Morgan fingerprint density at radius 1 is 1.00 bits per heavy atom. The van der Waals surface area contributed by atoms with Crippen LogP contribution in [0.2, 0.25) is 0 Å². The molecule has 1 aromatic heterocycles. The van der Waals surface area contributed by atoms with E-state index in [9.17, 15) is 17.6 Å². The highest BCUT2D eigenvalue weighted by atomic mass is 19.3. The number of nitrogens with zero attached hydrogens (tertiary/aromatic N) is 2. The molecule has 0 aliphatic heterocycles. The van der Waals surface area contributed by atoms with Crippen molar-refractivity contribution >= 4 is 16.7 Å². The van der Waals surface area contributed by atoms with E-state index in [-0.39, 0.29) is 11.4 Å². The van der Waals surface area contributed by atoms with Gasteiger partial charge in [-0.2, -0.15) is 0 Å². The van der Waals surface area contributed by atoms with Crippen LogP contribution in [0.15, 0.2) is 42.5 Å². The second kappa shape index (κ2) is 6.43. The summed E-state index contributed by atoms with van der Waals surface area (Å²) in [6.07, 6.45) is -2.83. The number of hydrogen-bond acceptors (Lipinski definition) is 3. The minimum atomic E-state index is -2.83. The summed E-state index contributed by atoms with van der Waals surface area (Å²) in [5.41, 5.74) is 0.565. The van der Waals surface area contributed by atoms with E-state index in [1.165, 1.54) is 6.07 Å². The molecular formula is C17H13F4N3. The molecule has 0 bridgehead atoms. The first-order valence-electron chi connectivity index (χ1n) is 7.22. The molecule has 0 aliphatic carbocycles. The molecule has 3 rings (SSSR count). The highest BCUT2D eigenvalue weighted by Crippen LogP contribution is 2.28. The van der Waals surface area contributed by atoms with E-state index in [2.05, 4.69) is 15.3 Å². The number of alkyl halides is 2. The lowest BCUT2D eigenvalue weighted by Crippen LogP contribution is -2.12. The monoisotopic (exact) mass is 335 g/mol. The van der Waals surface area contributed by atoms with Crippen LogP contribution in [0.3, 0.4) is 0 Å². The van der Waals surface area contributed by atoms with Gasteiger partial charge in [0.05, 0.1) is 11.6 Å². The summed E-state index contributed by atoms with van der Waals surface area (Å²) in [4.78, 5) is 7.66. The normalized spacial score (nSPS) is 12.6. The molecule has 7 heteroatoms. The van der Waals surface area contributed by atoms with Gasteiger partial charge in [-0.05, 0) is 25.1 Å². The summed E-state index contributed by atoms with van der Waals surface area (Å²) in [6.45, 7) is 1.63.